The molecule has 0 N–H and O–H groups in total. The van der Waals surface area contributed by atoms with E-state index in [0.29, 0.717) is 13.2 Å². The molecule has 0 radical (unpaired) electrons. The predicted octanol–water partition coefficient (Wildman–Crippen LogP) is 6.30. The minimum atomic E-state index is -0.672. The number of hydrogen-bond acceptors (Lipinski definition) is 3. The number of epoxide rings is 2. The lowest BCUT2D eigenvalue weighted by Gasteiger charge is -2.41. The summed E-state index contributed by atoms with van der Waals surface area (Å²) in [5.74, 6) is 0. The average Bonchev–Trinajstić information content (AvgIpc) is 3.72. The van der Waals surface area contributed by atoms with Gasteiger partial charge in [-0.05, 0) is 36.1 Å². The Hall–Kier alpha value is -2.20. The molecule has 0 bridgehead atoms. The lowest BCUT2D eigenvalue weighted by atomic mass is 9.84. The molecule has 0 spiro atoms. The van der Waals surface area contributed by atoms with E-state index in [1.54, 1.807) is 0 Å². The van der Waals surface area contributed by atoms with Crippen LogP contribution in [-0.4, -0.2) is 25.4 Å². The summed E-state index contributed by atoms with van der Waals surface area (Å²) in [6.07, 6.45) is 13.1. The molecule has 4 unspecified atom stereocenters. The van der Waals surface area contributed by atoms with Crippen LogP contribution in [0, 0.1) is 0 Å². The molecule has 0 aliphatic carbocycles. The quantitative estimate of drug-likeness (QED) is 0.299. The van der Waals surface area contributed by atoms with Gasteiger partial charge in [-0.2, -0.15) is 0 Å². The van der Waals surface area contributed by atoms with Gasteiger partial charge >= 0.3 is 0 Å². The fourth-order valence-electron chi connectivity index (χ4n) is 4.21. The van der Waals surface area contributed by atoms with Gasteiger partial charge in [0.25, 0.3) is 0 Å². The van der Waals surface area contributed by atoms with Crippen molar-refractivity contribution in [2.45, 2.75) is 62.9 Å². The SMILES string of the molecule is CCCC=CC(OC(C=CCCC)(c1ccccc1)C1CO1)(c1ccccc1)C1CO1. The number of unbranched alkanes of at least 4 members (excludes halogenated alkanes) is 2. The molecule has 0 amide bonds. The second-order valence-electron chi connectivity index (χ2n) is 8.45. The lowest BCUT2D eigenvalue weighted by Crippen LogP contribution is -2.46. The zero-order valence-corrected chi connectivity index (χ0v) is 18.7. The van der Waals surface area contributed by atoms with Crippen molar-refractivity contribution in [3.8, 4) is 0 Å². The molecule has 2 aliphatic heterocycles. The molecule has 164 valence electrons. The van der Waals surface area contributed by atoms with Crippen molar-refractivity contribution >= 4 is 0 Å². The lowest BCUT2D eigenvalue weighted by molar-refractivity contribution is -0.139. The Labute approximate surface area is 186 Å². The molecule has 2 aromatic carbocycles. The second kappa shape index (κ2) is 9.95. The van der Waals surface area contributed by atoms with Gasteiger partial charge in [-0.3, -0.25) is 0 Å². The third-order valence-electron chi connectivity index (χ3n) is 6.05. The van der Waals surface area contributed by atoms with E-state index < -0.39 is 11.2 Å². The Bertz CT molecular complexity index is 794. The Morgan fingerprint density at radius 3 is 1.45 bits per heavy atom. The van der Waals surface area contributed by atoms with Gasteiger partial charge in [0, 0.05) is 0 Å². The van der Waals surface area contributed by atoms with Gasteiger partial charge in [0.15, 0.2) is 0 Å². The average molecular weight is 419 g/mol. The van der Waals surface area contributed by atoms with E-state index in [2.05, 4.69) is 86.7 Å². The molecule has 3 heteroatoms. The fourth-order valence-corrected chi connectivity index (χ4v) is 4.21. The molecular weight excluding hydrogens is 384 g/mol. The molecule has 0 aromatic heterocycles. The van der Waals surface area contributed by atoms with E-state index in [-0.39, 0.29) is 12.2 Å². The van der Waals surface area contributed by atoms with Crippen LogP contribution in [0.25, 0.3) is 0 Å². The minimum absolute atomic E-state index is 0.00980. The van der Waals surface area contributed by atoms with E-state index in [4.69, 9.17) is 14.2 Å². The highest BCUT2D eigenvalue weighted by atomic mass is 16.6. The molecule has 2 aliphatic rings. The first-order valence-corrected chi connectivity index (χ1v) is 11.6. The van der Waals surface area contributed by atoms with Gasteiger partial charge in [-0.15, -0.1) is 0 Å². The van der Waals surface area contributed by atoms with Gasteiger partial charge in [0.2, 0.25) is 0 Å². The van der Waals surface area contributed by atoms with Crippen molar-refractivity contribution in [3.05, 3.63) is 96.1 Å². The summed E-state index contributed by atoms with van der Waals surface area (Å²) in [7, 11) is 0. The molecule has 2 fully saturated rings. The predicted molar refractivity (Wildman–Crippen MR) is 125 cm³/mol. The van der Waals surface area contributed by atoms with Gasteiger partial charge in [0.05, 0.1) is 13.2 Å². The van der Waals surface area contributed by atoms with Crippen molar-refractivity contribution < 1.29 is 14.2 Å². The second-order valence-corrected chi connectivity index (χ2v) is 8.45. The van der Waals surface area contributed by atoms with Crippen LogP contribution in [0.15, 0.2) is 85.0 Å². The van der Waals surface area contributed by atoms with Crippen LogP contribution in [0.2, 0.25) is 0 Å². The van der Waals surface area contributed by atoms with Crippen LogP contribution in [0.1, 0.15) is 50.7 Å². The first kappa shape index (κ1) is 22.0. The maximum absolute atomic E-state index is 7.32. The van der Waals surface area contributed by atoms with Gasteiger partial charge in [-0.1, -0.05) is 99.5 Å². The maximum Gasteiger partial charge on any atom is 0.141 e. The summed E-state index contributed by atoms with van der Waals surface area (Å²) >= 11 is 0. The molecule has 4 atom stereocenters. The van der Waals surface area contributed by atoms with Gasteiger partial charge < -0.3 is 14.2 Å². The fraction of sp³-hybridized carbons (Fsp3) is 0.429. The summed E-state index contributed by atoms with van der Waals surface area (Å²) in [4.78, 5) is 0. The molecule has 2 heterocycles. The largest absolute Gasteiger partial charge is 0.369 e. The Morgan fingerprint density at radius 2 is 1.13 bits per heavy atom. The van der Waals surface area contributed by atoms with E-state index in [1.165, 1.54) is 0 Å². The molecular formula is C28H34O3. The van der Waals surface area contributed by atoms with E-state index in [1.807, 2.05) is 12.1 Å². The van der Waals surface area contributed by atoms with Crippen LogP contribution in [0.4, 0.5) is 0 Å². The number of benzene rings is 2. The minimum Gasteiger partial charge on any atom is -0.369 e. The van der Waals surface area contributed by atoms with Gasteiger partial charge in [-0.25, -0.2) is 0 Å². The first-order valence-electron chi connectivity index (χ1n) is 11.6. The highest BCUT2D eigenvalue weighted by molar-refractivity contribution is 5.37. The number of allylic oxidation sites excluding steroid dienone is 2. The van der Waals surface area contributed by atoms with Crippen molar-refractivity contribution in [2.24, 2.45) is 0 Å². The molecule has 0 saturated carbocycles. The Morgan fingerprint density at radius 1 is 0.742 bits per heavy atom. The summed E-state index contributed by atoms with van der Waals surface area (Å²) in [5.41, 5.74) is 0.896. The molecule has 3 nitrogen and oxygen atoms in total. The Balaban J connectivity index is 1.84. The van der Waals surface area contributed by atoms with Crippen LogP contribution in [0.5, 0.6) is 0 Å². The monoisotopic (exact) mass is 418 g/mol. The van der Waals surface area contributed by atoms with E-state index in [9.17, 15) is 0 Å². The van der Waals surface area contributed by atoms with Crippen molar-refractivity contribution in [1.29, 1.82) is 0 Å². The summed E-state index contributed by atoms with van der Waals surface area (Å²) in [6, 6.07) is 21.0. The van der Waals surface area contributed by atoms with Crippen molar-refractivity contribution in [3.63, 3.8) is 0 Å². The highest BCUT2D eigenvalue weighted by Gasteiger charge is 2.57. The number of hydrogen-bond donors (Lipinski definition) is 0. The number of ether oxygens (including phenoxy) is 3. The zero-order chi connectivity index (χ0) is 21.6. The third kappa shape index (κ3) is 4.85. The normalized spacial score (nSPS) is 24.2. The topological polar surface area (TPSA) is 34.3 Å². The number of rotatable bonds is 12. The summed E-state index contributed by atoms with van der Waals surface area (Å²) < 4.78 is 19.2. The standard InChI is InChI=1S/C28H34O3/c1-3-5-13-19-27(25-21-29-25,23-15-9-7-10-16-23)31-28(26-22-30-26,20-14-6-4-2)24-17-11-8-12-18-24/h7-20,25-26H,3-6,21-22H2,1-2H3. The highest BCUT2D eigenvalue weighted by Crippen LogP contribution is 2.49. The van der Waals surface area contributed by atoms with Crippen molar-refractivity contribution in [2.75, 3.05) is 13.2 Å². The van der Waals surface area contributed by atoms with Crippen LogP contribution in [-0.2, 0) is 25.4 Å². The van der Waals surface area contributed by atoms with E-state index >= 15 is 0 Å². The summed E-state index contributed by atoms with van der Waals surface area (Å²) in [5, 5.41) is 0. The molecule has 2 saturated heterocycles. The molecule has 4 rings (SSSR count). The smallest absolute Gasteiger partial charge is 0.141 e. The molecule has 31 heavy (non-hydrogen) atoms. The Kier molecular flexibility index (Phi) is 7.06. The summed E-state index contributed by atoms with van der Waals surface area (Å²) in [6.45, 7) is 5.78. The van der Waals surface area contributed by atoms with Crippen molar-refractivity contribution in [1.82, 2.24) is 0 Å². The molecule has 2 aromatic rings. The first-order chi connectivity index (χ1) is 15.2. The maximum atomic E-state index is 7.32. The van der Waals surface area contributed by atoms with Crippen LogP contribution < -0.4 is 0 Å². The van der Waals surface area contributed by atoms with Crippen LogP contribution >= 0.6 is 0 Å². The van der Waals surface area contributed by atoms with Crippen LogP contribution in [0.3, 0.4) is 0 Å². The zero-order valence-electron chi connectivity index (χ0n) is 18.7. The van der Waals surface area contributed by atoms with E-state index in [0.717, 1.165) is 36.8 Å². The van der Waals surface area contributed by atoms with Gasteiger partial charge in [0.1, 0.15) is 23.4 Å². The third-order valence-corrected chi connectivity index (χ3v) is 6.05.